The van der Waals surface area contributed by atoms with Gasteiger partial charge in [0.15, 0.2) is 0 Å². The van der Waals surface area contributed by atoms with Gasteiger partial charge < -0.3 is 20.1 Å². The van der Waals surface area contributed by atoms with Crippen molar-refractivity contribution in [2.45, 2.75) is 38.6 Å². The predicted molar refractivity (Wildman–Crippen MR) is 124 cm³/mol. The molecule has 0 bridgehead atoms. The van der Waals surface area contributed by atoms with Crippen LogP contribution in [0.25, 0.3) is 11.1 Å². The number of benzene rings is 2. The quantitative estimate of drug-likeness (QED) is 0.697. The van der Waals surface area contributed by atoms with Gasteiger partial charge in [0, 0.05) is 31.0 Å². The standard InChI is InChI=1S/C26H30N2O5/c1-16-13-28(14-21(16)24(30)31)23(29)12-26(2,3)27-25(32)33-15-22-19-10-6-4-8-17(19)18-9-5-7-11-20(18)22/h4-11,16,21-22H,12-15H2,1-3H3,(H,27,32)(H,30,31). The van der Waals surface area contributed by atoms with Crippen molar-refractivity contribution in [3.05, 3.63) is 59.7 Å². The number of likely N-dealkylation sites (tertiary alicyclic amines) is 1. The maximum Gasteiger partial charge on any atom is 0.407 e. The lowest BCUT2D eigenvalue weighted by Crippen LogP contribution is -2.47. The van der Waals surface area contributed by atoms with E-state index in [1.165, 1.54) is 0 Å². The molecular weight excluding hydrogens is 420 g/mol. The molecule has 2 unspecified atom stereocenters. The van der Waals surface area contributed by atoms with Crippen LogP contribution in [0.3, 0.4) is 0 Å². The van der Waals surface area contributed by atoms with Crippen molar-refractivity contribution in [3.8, 4) is 11.1 Å². The van der Waals surface area contributed by atoms with Gasteiger partial charge in [-0.05, 0) is 42.0 Å². The molecule has 33 heavy (non-hydrogen) atoms. The average Bonchev–Trinajstić information content (AvgIpc) is 3.30. The number of amides is 2. The van der Waals surface area contributed by atoms with E-state index in [0.717, 1.165) is 22.3 Å². The summed E-state index contributed by atoms with van der Waals surface area (Å²) >= 11 is 0. The summed E-state index contributed by atoms with van der Waals surface area (Å²) in [7, 11) is 0. The number of alkyl carbamates (subject to hydrolysis) is 1. The van der Waals surface area contributed by atoms with Crippen molar-refractivity contribution >= 4 is 18.0 Å². The zero-order valence-electron chi connectivity index (χ0n) is 19.2. The lowest BCUT2D eigenvalue weighted by atomic mass is 9.98. The van der Waals surface area contributed by atoms with Crippen LogP contribution in [-0.4, -0.2) is 53.2 Å². The monoisotopic (exact) mass is 450 g/mol. The van der Waals surface area contributed by atoms with Gasteiger partial charge in [0.1, 0.15) is 6.61 Å². The highest BCUT2D eigenvalue weighted by atomic mass is 16.5. The summed E-state index contributed by atoms with van der Waals surface area (Å²) in [5.41, 5.74) is 3.76. The average molecular weight is 451 g/mol. The van der Waals surface area contributed by atoms with E-state index in [1.807, 2.05) is 31.2 Å². The topological polar surface area (TPSA) is 95.9 Å². The number of hydrogen-bond acceptors (Lipinski definition) is 4. The van der Waals surface area contributed by atoms with Gasteiger partial charge in [0.2, 0.25) is 5.91 Å². The summed E-state index contributed by atoms with van der Waals surface area (Å²) < 4.78 is 5.60. The molecule has 2 amide bonds. The zero-order valence-corrected chi connectivity index (χ0v) is 19.2. The number of hydrogen-bond donors (Lipinski definition) is 2. The Hall–Kier alpha value is -3.35. The first-order chi connectivity index (χ1) is 15.7. The summed E-state index contributed by atoms with van der Waals surface area (Å²) in [5.74, 6) is -1.73. The van der Waals surface area contributed by atoms with Crippen LogP contribution in [0.2, 0.25) is 0 Å². The predicted octanol–water partition coefficient (Wildman–Crippen LogP) is 3.87. The minimum atomic E-state index is -0.881. The molecule has 2 aliphatic rings. The SMILES string of the molecule is CC1CN(C(=O)CC(C)(C)NC(=O)OCC2c3ccccc3-c3ccccc32)CC1C(=O)O. The van der Waals surface area contributed by atoms with E-state index in [9.17, 15) is 19.5 Å². The Balaban J connectivity index is 1.34. The lowest BCUT2D eigenvalue weighted by molar-refractivity contribution is -0.142. The summed E-state index contributed by atoms with van der Waals surface area (Å²) in [5, 5.41) is 12.1. The van der Waals surface area contributed by atoms with Gasteiger partial charge in [-0.1, -0.05) is 55.5 Å². The van der Waals surface area contributed by atoms with Gasteiger partial charge in [-0.15, -0.1) is 0 Å². The number of aliphatic carboxylic acids is 1. The highest BCUT2D eigenvalue weighted by molar-refractivity contribution is 5.81. The molecule has 1 aliphatic carbocycles. The van der Waals surface area contributed by atoms with Gasteiger partial charge in [-0.25, -0.2) is 4.79 Å². The third-order valence-corrected chi connectivity index (χ3v) is 6.66. The molecule has 174 valence electrons. The van der Waals surface area contributed by atoms with Crippen LogP contribution in [0.1, 0.15) is 44.2 Å². The van der Waals surface area contributed by atoms with Crippen LogP contribution in [0.4, 0.5) is 4.79 Å². The molecule has 2 N–H and O–H groups in total. The Bertz CT molecular complexity index is 1030. The van der Waals surface area contributed by atoms with E-state index < -0.39 is 23.5 Å². The van der Waals surface area contributed by atoms with Gasteiger partial charge >= 0.3 is 12.1 Å². The van der Waals surface area contributed by atoms with Gasteiger partial charge in [-0.3, -0.25) is 9.59 Å². The normalized spacial score (nSPS) is 19.7. The second-order valence-electron chi connectivity index (χ2n) is 9.73. The summed E-state index contributed by atoms with van der Waals surface area (Å²) in [4.78, 5) is 38.2. The number of carboxylic acids is 1. The zero-order chi connectivity index (χ0) is 23.8. The van der Waals surface area contributed by atoms with E-state index in [4.69, 9.17) is 4.74 Å². The highest BCUT2D eigenvalue weighted by Gasteiger charge is 2.38. The fourth-order valence-corrected chi connectivity index (χ4v) is 4.94. The minimum Gasteiger partial charge on any atom is -0.481 e. The van der Waals surface area contributed by atoms with Crippen molar-refractivity contribution in [1.82, 2.24) is 10.2 Å². The first kappa shape index (κ1) is 22.8. The maximum absolute atomic E-state index is 12.7. The number of rotatable bonds is 6. The maximum atomic E-state index is 12.7. The Morgan fingerprint density at radius 3 is 2.15 bits per heavy atom. The summed E-state index contributed by atoms with van der Waals surface area (Å²) in [6.45, 7) is 6.19. The smallest absolute Gasteiger partial charge is 0.407 e. The third-order valence-electron chi connectivity index (χ3n) is 6.66. The van der Waals surface area contributed by atoms with Crippen LogP contribution in [0.15, 0.2) is 48.5 Å². The molecule has 0 spiro atoms. The van der Waals surface area contributed by atoms with Gasteiger partial charge in [0.05, 0.1) is 5.92 Å². The van der Waals surface area contributed by atoms with Gasteiger partial charge in [-0.2, -0.15) is 0 Å². The molecule has 0 radical (unpaired) electrons. The van der Waals surface area contributed by atoms with E-state index in [0.29, 0.717) is 6.54 Å². The first-order valence-corrected chi connectivity index (χ1v) is 11.3. The Kier molecular flexibility index (Phi) is 6.15. The molecular formula is C26H30N2O5. The fraction of sp³-hybridized carbons (Fsp3) is 0.423. The van der Waals surface area contributed by atoms with Crippen molar-refractivity contribution in [2.24, 2.45) is 11.8 Å². The molecule has 2 aromatic rings. The van der Waals surface area contributed by atoms with Crippen LogP contribution in [0.5, 0.6) is 0 Å². The van der Waals surface area contributed by atoms with E-state index in [-0.39, 0.29) is 37.3 Å². The largest absolute Gasteiger partial charge is 0.481 e. The van der Waals surface area contributed by atoms with E-state index in [1.54, 1.807) is 18.7 Å². The molecule has 1 heterocycles. The molecule has 7 nitrogen and oxygen atoms in total. The van der Waals surface area contributed by atoms with Crippen molar-refractivity contribution in [2.75, 3.05) is 19.7 Å². The third kappa shape index (κ3) is 4.72. The van der Waals surface area contributed by atoms with Crippen LogP contribution in [0, 0.1) is 11.8 Å². The van der Waals surface area contributed by atoms with E-state index >= 15 is 0 Å². The Morgan fingerprint density at radius 1 is 1.03 bits per heavy atom. The minimum absolute atomic E-state index is 0.0352. The number of nitrogens with zero attached hydrogens (tertiary/aromatic N) is 1. The molecule has 4 rings (SSSR count). The fourth-order valence-electron chi connectivity index (χ4n) is 4.94. The van der Waals surface area contributed by atoms with Crippen LogP contribution >= 0.6 is 0 Å². The Labute approximate surface area is 193 Å². The number of ether oxygens (including phenoxy) is 1. The highest BCUT2D eigenvalue weighted by Crippen LogP contribution is 2.44. The number of carbonyl (C=O) groups excluding carboxylic acids is 2. The van der Waals surface area contributed by atoms with Crippen LogP contribution in [-0.2, 0) is 14.3 Å². The molecule has 1 fully saturated rings. The Morgan fingerprint density at radius 2 is 1.61 bits per heavy atom. The molecule has 0 aromatic heterocycles. The first-order valence-electron chi connectivity index (χ1n) is 11.3. The molecule has 0 saturated carbocycles. The summed E-state index contributed by atoms with van der Waals surface area (Å²) in [6.07, 6.45) is -0.510. The molecule has 2 atom stereocenters. The molecule has 7 heteroatoms. The second-order valence-corrected chi connectivity index (χ2v) is 9.73. The number of carboxylic acid groups (broad SMARTS) is 1. The lowest BCUT2D eigenvalue weighted by Gasteiger charge is -2.28. The molecule has 2 aromatic carbocycles. The van der Waals surface area contributed by atoms with Crippen molar-refractivity contribution in [3.63, 3.8) is 0 Å². The van der Waals surface area contributed by atoms with Crippen LogP contribution < -0.4 is 5.32 Å². The molecule has 1 aliphatic heterocycles. The van der Waals surface area contributed by atoms with Crippen molar-refractivity contribution in [1.29, 1.82) is 0 Å². The van der Waals surface area contributed by atoms with E-state index in [2.05, 4.69) is 29.6 Å². The summed E-state index contributed by atoms with van der Waals surface area (Å²) in [6, 6.07) is 16.3. The number of fused-ring (bicyclic) bond motifs is 3. The van der Waals surface area contributed by atoms with Crippen molar-refractivity contribution < 1.29 is 24.2 Å². The molecule has 1 saturated heterocycles. The number of carbonyl (C=O) groups is 3. The second kappa shape index (κ2) is 8.89. The van der Waals surface area contributed by atoms with Gasteiger partial charge in [0.25, 0.3) is 0 Å². The number of nitrogens with one attached hydrogen (secondary N) is 1.